The summed E-state index contributed by atoms with van der Waals surface area (Å²) in [5.74, 6) is -0.291. The molecule has 4 aromatic rings. The highest BCUT2D eigenvalue weighted by atomic mass is 19.1. The second kappa shape index (κ2) is 11.6. The minimum atomic E-state index is -0.291. The zero-order chi connectivity index (χ0) is 27.4. The SMILES string of the molecule is C=C\C(=C/C(=C\C)C(/C=c1/c(-c2cc3c(-c4cccc(F)c4)nccc3[nH]2)n[nH]c1=C)=C/C)CN1CCCC1. The fourth-order valence-electron chi connectivity index (χ4n) is 5.18. The number of hydrogen-bond donors (Lipinski definition) is 2. The molecule has 0 radical (unpaired) electrons. The molecule has 1 saturated heterocycles. The maximum Gasteiger partial charge on any atom is 0.123 e. The summed E-state index contributed by atoms with van der Waals surface area (Å²) < 4.78 is 13.9. The van der Waals surface area contributed by atoms with Crippen LogP contribution >= 0.6 is 0 Å². The van der Waals surface area contributed by atoms with E-state index < -0.39 is 0 Å². The van der Waals surface area contributed by atoms with Gasteiger partial charge in [0.25, 0.3) is 0 Å². The molecule has 1 aliphatic rings. The third-order valence-electron chi connectivity index (χ3n) is 7.25. The van der Waals surface area contributed by atoms with E-state index >= 15 is 0 Å². The summed E-state index contributed by atoms with van der Waals surface area (Å²) in [6.07, 6.45) is 14.8. The van der Waals surface area contributed by atoms with Gasteiger partial charge in [-0.1, -0.05) is 49.6 Å². The van der Waals surface area contributed by atoms with E-state index in [1.165, 1.54) is 30.5 Å². The van der Waals surface area contributed by atoms with E-state index in [-0.39, 0.29) is 5.82 Å². The Morgan fingerprint density at radius 3 is 2.59 bits per heavy atom. The van der Waals surface area contributed by atoms with E-state index in [1.807, 2.05) is 31.2 Å². The van der Waals surface area contributed by atoms with Gasteiger partial charge in [0.05, 0.1) is 16.7 Å². The smallest absolute Gasteiger partial charge is 0.123 e. The molecule has 1 aromatic carbocycles. The fourth-order valence-corrected chi connectivity index (χ4v) is 5.18. The van der Waals surface area contributed by atoms with Crippen LogP contribution in [0.3, 0.4) is 0 Å². The van der Waals surface area contributed by atoms with Crippen molar-refractivity contribution in [3.05, 3.63) is 107 Å². The molecule has 6 heteroatoms. The van der Waals surface area contributed by atoms with Crippen LogP contribution < -0.4 is 10.6 Å². The Bertz CT molecular complexity index is 1710. The van der Waals surface area contributed by atoms with Crippen molar-refractivity contribution in [3.63, 3.8) is 0 Å². The predicted octanol–water partition coefficient (Wildman–Crippen LogP) is 6.05. The van der Waals surface area contributed by atoms with Gasteiger partial charge in [0.2, 0.25) is 0 Å². The van der Waals surface area contributed by atoms with Gasteiger partial charge >= 0.3 is 0 Å². The number of rotatable bonds is 8. The Hall–Kier alpha value is -4.29. The van der Waals surface area contributed by atoms with E-state index in [0.29, 0.717) is 0 Å². The van der Waals surface area contributed by atoms with Crippen molar-refractivity contribution in [2.24, 2.45) is 0 Å². The second-order valence-corrected chi connectivity index (χ2v) is 9.82. The minimum Gasteiger partial charge on any atom is -0.353 e. The summed E-state index contributed by atoms with van der Waals surface area (Å²) in [5, 5.41) is 10.2. The largest absolute Gasteiger partial charge is 0.353 e. The summed E-state index contributed by atoms with van der Waals surface area (Å²) in [4.78, 5) is 10.5. The monoisotopic (exact) mass is 519 g/mol. The first-order valence-corrected chi connectivity index (χ1v) is 13.4. The summed E-state index contributed by atoms with van der Waals surface area (Å²) in [6, 6.07) is 10.4. The number of aromatic nitrogens is 4. The number of benzene rings is 1. The van der Waals surface area contributed by atoms with E-state index in [1.54, 1.807) is 12.3 Å². The van der Waals surface area contributed by atoms with E-state index in [4.69, 9.17) is 0 Å². The standard InChI is InChI=1S/C33H34FN5/c1-5-23(21-39-15-8-9-16-39)17-24(6-2)25(7-3)19-28-22(4)37-38-33(28)31-20-29-30(36-31)13-14-35-32(29)26-11-10-12-27(34)18-26/h5-7,10-14,17-20,36-37H,1,4,8-9,15-16,21H2,2-3H3/b23-17+,24-6+,25-7+,28-19+. The van der Waals surface area contributed by atoms with Gasteiger partial charge in [0, 0.05) is 34.4 Å². The number of nitrogens with one attached hydrogen (secondary N) is 2. The lowest BCUT2D eigenvalue weighted by Crippen LogP contribution is -2.22. The third kappa shape index (κ3) is 5.61. The van der Waals surface area contributed by atoms with E-state index in [2.05, 4.69) is 69.5 Å². The molecule has 0 amide bonds. The summed E-state index contributed by atoms with van der Waals surface area (Å²) >= 11 is 0. The molecule has 5 nitrogen and oxygen atoms in total. The van der Waals surface area contributed by atoms with E-state index in [9.17, 15) is 4.39 Å². The first-order valence-electron chi connectivity index (χ1n) is 13.4. The summed E-state index contributed by atoms with van der Waals surface area (Å²) in [5.41, 5.74) is 7.34. The molecule has 3 aromatic heterocycles. The van der Waals surface area contributed by atoms with Crippen LogP contribution in [0.1, 0.15) is 26.7 Å². The molecule has 0 spiro atoms. The first kappa shape index (κ1) is 26.3. The van der Waals surface area contributed by atoms with Gasteiger partial charge in [-0.05, 0) is 86.8 Å². The highest BCUT2D eigenvalue weighted by Gasteiger charge is 2.15. The maximum atomic E-state index is 13.9. The molecule has 39 heavy (non-hydrogen) atoms. The number of allylic oxidation sites excluding steroid dienone is 5. The molecular formula is C33H34FN5. The Kier molecular flexibility index (Phi) is 7.84. The van der Waals surface area contributed by atoms with Crippen molar-refractivity contribution in [1.82, 2.24) is 25.1 Å². The third-order valence-corrected chi connectivity index (χ3v) is 7.25. The van der Waals surface area contributed by atoms with Crippen LogP contribution in [0.2, 0.25) is 0 Å². The van der Waals surface area contributed by atoms with Crippen LogP contribution in [0, 0.1) is 5.82 Å². The van der Waals surface area contributed by atoms with Gasteiger partial charge in [0.1, 0.15) is 11.5 Å². The molecule has 2 N–H and O–H groups in total. The van der Waals surface area contributed by atoms with Crippen molar-refractivity contribution in [3.8, 4) is 22.6 Å². The number of H-pyrrole nitrogens is 2. The summed E-state index contributed by atoms with van der Waals surface area (Å²) in [7, 11) is 0. The molecule has 0 saturated carbocycles. The van der Waals surface area contributed by atoms with Gasteiger partial charge in [-0.2, -0.15) is 5.10 Å². The zero-order valence-corrected chi connectivity index (χ0v) is 22.6. The lowest BCUT2D eigenvalue weighted by atomic mass is 10.0. The van der Waals surface area contributed by atoms with Gasteiger partial charge in [-0.3, -0.25) is 15.0 Å². The lowest BCUT2D eigenvalue weighted by molar-refractivity contribution is 0.371. The predicted molar refractivity (Wildman–Crippen MR) is 160 cm³/mol. The molecule has 0 bridgehead atoms. The number of hydrogen-bond acceptors (Lipinski definition) is 3. The Labute approximate surface area is 228 Å². The first-order chi connectivity index (χ1) is 19.0. The number of aromatic amines is 2. The van der Waals surface area contributed by atoms with Gasteiger partial charge in [-0.15, -0.1) is 0 Å². The Morgan fingerprint density at radius 2 is 1.87 bits per heavy atom. The van der Waals surface area contributed by atoms with Crippen LogP contribution in [0.25, 0.3) is 46.2 Å². The molecule has 198 valence electrons. The molecule has 0 unspecified atom stereocenters. The molecule has 5 rings (SSSR count). The van der Waals surface area contributed by atoms with Crippen LogP contribution in [-0.4, -0.2) is 44.7 Å². The number of fused-ring (bicyclic) bond motifs is 1. The second-order valence-electron chi connectivity index (χ2n) is 9.82. The highest BCUT2D eigenvalue weighted by molar-refractivity contribution is 5.96. The van der Waals surface area contributed by atoms with Crippen LogP contribution in [0.4, 0.5) is 4.39 Å². The minimum absolute atomic E-state index is 0.291. The van der Waals surface area contributed by atoms with Crippen LogP contribution in [0.5, 0.6) is 0 Å². The van der Waals surface area contributed by atoms with Crippen LogP contribution in [0.15, 0.2) is 90.2 Å². The average molecular weight is 520 g/mol. The van der Waals surface area contributed by atoms with Crippen LogP contribution in [-0.2, 0) is 0 Å². The van der Waals surface area contributed by atoms with Crippen molar-refractivity contribution in [2.45, 2.75) is 26.7 Å². The van der Waals surface area contributed by atoms with Crippen molar-refractivity contribution >= 4 is 23.6 Å². The van der Waals surface area contributed by atoms with Crippen molar-refractivity contribution < 1.29 is 4.39 Å². The number of likely N-dealkylation sites (tertiary alicyclic amines) is 1. The number of halogens is 1. The van der Waals surface area contributed by atoms with E-state index in [0.717, 1.165) is 74.9 Å². The highest BCUT2D eigenvalue weighted by Crippen LogP contribution is 2.30. The lowest BCUT2D eigenvalue weighted by Gasteiger charge is -2.16. The van der Waals surface area contributed by atoms with Gasteiger partial charge in [-0.25, -0.2) is 4.39 Å². The normalized spacial score (nSPS) is 16.0. The Balaban J connectivity index is 1.54. The molecule has 1 aliphatic heterocycles. The Morgan fingerprint density at radius 1 is 1.08 bits per heavy atom. The molecular weight excluding hydrogens is 485 g/mol. The quantitative estimate of drug-likeness (QED) is 0.279. The topological polar surface area (TPSA) is 60.6 Å². The van der Waals surface area contributed by atoms with Gasteiger partial charge in [0.15, 0.2) is 0 Å². The fraction of sp³-hybridized carbons (Fsp3) is 0.212. The molecule has 0 atom stereocenters. The average Bonchev–Trinajstić information content (AvgIpc) is 3.70. The number of nitrogens with zero attached hydrogens (tertiary/aromatic N) is 3. The molecule has 0 aliphatic carbocycles. The molecule has 1 fully saturated rings. The maximum absolute atomic E-state index is 13.9. The van der Waals surface area contributed by atoms with Crippen molar-refractivity contribution in [2.75, 3.05) is 19.6 Å². The molecule has 4 heterocycles. The van der Waals surface area contributed by atoms with Crippen molar-refractivity contribution in [1.29, 1.82) is 0 Å². The zero-order valence-electron chi connectivity index (χ0n) is 22.6. The summed E-state index contributed by atoms with van der Waals surface area (Å²) in [6.45, 7) is 15.6. The van der Waals surface area contributed by atoms with Gasteiger partial charge < -0.3 is 4.98 Å². The number of pyridine rings is 1.